The highest BCUT2D eigenvalue weighted by Gasteiger charge is 2.19. The van der Waals surface area contributed by atoms with Gasteiger partial charge in [0.2, 0.25) is 0 Å². The first kappa shape index (κ1) is 68.8. The number of carbonyl (C=O) groups excluding carboxylic acids is 3. The molecule has 1 unspecified atom stereocenters. The molecule has 0 aromatic rings. The molecular weight excluding hydrogens is 901 g/mol. The van der Waals surface area contributed by atoms with Crippen LogP contribution >= 0.6 is 0 Å². The fourth-order valence-corrected chi connectivity index (χ4v) is 8.01. The van der Waals surface area contributed by atoms with Gasteiger partial charge in [-0.15, -0.1) is 0 Å². The Balaban J connectivity index is 4.27. The largest absolute Gasteiger partial charge is 0.462 e. The summed E-state index contributed by atoms with van der Waals surface area (Å²) in [5.41, 5.74) is 0. The Morgan fingerprint density at radius 3 is 0.904 bits per heavy atom. The first-order valence-electron chi connectivity index (χ1n) is 30.0. The van der Waals surface area contributed by atoms with Gasteiger partial charge in [0, 0.05) is 19.3 Å². The van der Waals surface area contributed by atoms with E-state index in [9.17, 15) is 14.4 Å². The van der Waals surface area contributed by atoms with E-state index in [0.29, 0.717) is 19.3 Å². The minimum Gasteiger partial charge on any atom is -0.462 e. The minimum atomic E-state index is -0.822. The second-order valence-corrected chi connectivity index (χ2v) is 19.5. The van der Waals surface area contributed by atoms with Crippen molar-refractivity contribution in [3.63, 3.8) is 0 Å². The lowest BCUT2D eigenvalue weighted by molar-refractivity contribution is -0.166. The molecule has 73 heavy (non-hydrogen) atoms. The first-order valence-corrected chi connectivity index (χ1v) is 30.0. The van der Waals surface area contributed by atoms with E-state index in [1.165, 1.54) is 109 Å². The lowest BCUT2D eigenvalue weighted by Crippen LogP contribution is -2.30. The third-order valence-corrected chi connectivity index (χ3v) is 12.4. The fourth-order valence-electron chi connectivity index (χ4n) is 8.01. The highest BCUT2D eigenvalue weighted by molar-refractivity contribution is 5.71. The molecule has 0 aliphatic carbocycles. The van der Waals surface area contributed by atoms with Gasteiger partial charge in [-0.05, 0) is 116 Å². The van der Waals surface area contributed by atoms with E-state index in [4.69, 9.17) is 14.2 Å². The smallest absolute Gasteiger partial charge is 0.306 e. The molecule has 0 spiro atoms. The third-order valence-electron chi connectivity index (χ3n) is 12.4. The Kier molecular flexibility index (Phi) is 56.9. The monoisotopic (exact) mass is 1010 g/mol. The molecule has 1 atom stereocenters. The molecule has 0 radical (unpaired) electrons. The highest BCUT2D eigenvalue weighted by atomic mass is 16.6. The lowest BCUT2D eigenvalue weighted by atomic mass is 10.0. The Morgan fingerprint density at radius 2 is 0.562 bits per heavy atom. The van der Waals surface area contributed by atoms with Crippen LogP contribution in [0.5, 0.6) is 0 Å². The van der Waals surface area contributed by atoms with Crippen molar-refractivity contribution >= 4 is 17.9 Å². The molecule has 0 heterocycles. The number of ether oxygens (including phenoxy) is 3. The predicted octanol–water partition coefficient (Wildman–Crippen LogP) is 20.4. The number of carbonyl (C=O) groups is 3. The summed E-state index contributed by atoms with van der Waals surface area (Å²) in [5, 5.41) is 0. The van der Waals surface area contributed by atoms with Gasteiger partial charge < -0.3 is 14.2 Å². The first-order chi connectivity index (χ1) is 36.0. The van der Waals surface area contributed by atoms with Crippen LogP contribution in [0.3, 0.4) is 0 Å². The van der Waals surface area contributed by atoms with Gasteiger partial charge in [-0.25, -0.2) is 0 Å². The Hall–Kier alpha value is -4.19. The van der Waals surface area contributed by atoms with Crippen LogP contribution in [0.2, 0.25) is 0 Å². The van der Waals surface area contributed by atoms with Gasteiger partial charge in [-0.1, -0.05) is 251 Å². The Morgan fingerprint density at radius 1 is 0.288 bits per heavy atom. The van der Waals surface area contributed by atoms with Gasteiger partial charge in [0.15, 0.2) is 6.10 Å². The summed E-state index contributed by atoms with van der Waals surface area (Å²) in [6, 6.07) is 0. The number of esters is 3. The van der Waals surface area contributed by atoms with E-state index in [0.717, 1.165) is 109 Å². The predicted molar refractivity (Wildman–Crippen MR) is 316 cm³/mol. The molecule has 0 saturated heterocycles. The number of allylic oxidation sites excluding steroid dienone is 20. The highest BCUT2D eigenvalue weighted by Crippen LogP contribution is 2.15. The normalized spacial score (nSPS) is 13.0. The Labute approximate surface area is 450 Å². The quantitative estimate of drug-likeness (QED) is 0.0261. The van der Waals surface area contributed by atoms with Crippen molar-refractivity contribution in [2.75, 3.05) is 13.2 Å². The second kappa shape index (κ2) is 60.4. The zero-order valence-corrected chi connectivity index (χ0v) is 47.4. The summed E-state index contributed by atoms with van der Waals surface area (Å²) in [7, 11) is 0. The molecule has 414 valence electrons. The summed E-state index contributed by atoms with van der Waals surface area (Å²) in [6.45, 7) is 6.32. The summed E-state index contributed by atoms with van der Waals surface area (Å²) < 4.78 is 16.8. The van der Waals surface area contributed by atoms with Crippen molar-refractivity contribution in [2.45, 2.75) is 271 Å². The maximum Gasteiger partial charge on any atom is 0.306 e. The van der Waals surface area contributed by atoms with Crippen LogP contribution in [0.1, 0.15) is 265 Å². The van der Waals surface area contributed by atoms with E-state index in [2.05, 4.69) is 130 Å². The maximum atomic E-state index is 12.8. The molecule has 6 heteroatoms. The number of hydrogen-bond acceptors (Lipinski definition) is 6. The van der Waals surface area contributed by atoms with Gasteiger partial charge in [0.25, 0.3) is 0 Å². The third kappa shape index (κ3) is 58.6. The number of rotatable bonds is 53. The average Bonchev–Trinajstić information content (AvgIpc) is 3.39. The molecular formula is C67H110O6. The summed E-state index contributed by atoms with van der Waals surface area (Å²) in [5.74, 6) is -1.00. The van der Waals surface area contributed by atoms with Gasteiger partial charge in [-0.2, -0.15) is 0 Å². The zero-order valence-electron chi connectivity index (χ0n) is 47.4. The van der Waals surface area contributed by atoms with E-state index in [1.54, 1.807) is 0 Å². The van der Waals surface area contributed by atoms with Crippen molar-refractivity contribution in [1.29, 1.82) is 0 Å². The van der Waals surface area contributed by atoms with Crippen molar-refractivity contribution in [2.24, 2.45) is 0 Å². The molecule has 0 bridgehead atoms. The van der Waals surface area contributed by atoms with Crippen molar-refractivity contribution in [3.05, 3.63) is 122 Å². The van der Waals surface area contributed by atoms with E-state index < -0.39 is 12.1 Å². The van der Waals surface area contributed by atoms with Crippen molar-refractivity contribution in [1.82, 2.24) is 0 Å². The van der Waals surface area contributed by atoms with Gasteiger partial charge in [0.1, 0.15) is 13.2 Å². The molecule has 0 aliphatic rings. The van der Waals surface area contributed by atoms with Crippen molar-refractivity contribution in [3.8, 4) is 0 Å². The molecule has 0 N–H and O–H groups in total. The standard InChI is InChI=1S/C67H110O6/c1-4-7-10-13-16-19-22-25-26-27-28-29-30-31-32-33-34-35-36-37-38-39-40-43-45-48-51-54-57-60-66(69)72-63-64(73-67(70)61-58-55-52-49-46-42-24-21-18-15-12-9-6-3)62-71-65(68)59-56-53-50-47-44-41-23-20-17-14-11-8-5-2/h7,9-10,12,16,18-21,23,25-26,28-29,31-32,42,46,52,55,64H,4-6,8,11,13-15,17,22,24,27,30,33-41,43-45,47-51,53-54,56-63H2,1-3H3/b10-7-,12-9-,19-16-,21-18-,23-20-,26-25-,29-28-,32-31-,46-42-,55-52-. The molecule has 0 aromatic heterocycles. The van der Waals surface area contributed by atoms with Gasteiger partial charge in [0.05, 0.1) is 0 Å². The molecule has 0 saturated carbocycles. The van der Waals surface area contributed by atoms with Crippen LogP contribution in [0.15, 0.2) is 122 Å². The molecule has 0 rings (SSSR count). The average molecular weight is 1010 g/mol. The molecule has 0 fully saturated rings. The number of hydrogen-bond donors (Lipinski definition) is 0. The fraction of sp³-hybridized carbons (Fsp3) is 0.657. The minimum absolute atomic E-state index is 0.111. The molecule has 0 aliphatic heterocycles. The van der Waals surface area contributed by atoms with E-state index in [-0.39, 0.29) is 31.6 Å². The van der Waals surface area contributed by atoms with E-state index >= 15 is 0 Å². The van der Waals surface area contributed by atoms with Gasteiger partial charge in [-0.3, -0.25) is 14.4 Å². The molecule has 0 aromatic carbocycles. The van der Waals surface area contributed by atoms with Crippen LogP contribution in [0.25, 0.3) is 0 Å². The summed E-state index contributed by atoms with van der Waals surface area (Å²) in [6.07, 6.45) is 83.7. The van der Waals surface area contributed by atoms with E-state index in [1.807, 2.05) is 12.2 Å². The summed E-state index contributed by atoms with van der Waals surface area (Å²) in [4.78, 5) is 38.1. The summed E-state index contributed by atoms with van der Waals surface area (Å²) >= 11 is 0. The lowest BCUT2D eigenvalue weighted by Gasteiger charge is -2.18. The topological polar surface area (TPSA) is 78.9 Å². The second-order valence-electron chi connectivity index (χ2n) is 19.5. The van der Waals surface area contributed by atoms with Crippen molar-refractivity contribution < 1.29 is 28.6 Å². The zero-order chi connectivity index (χ0) is 52.9. The van der Waals surface area contributed by atoms with Crippen LogP contribution < -0.4 is 0 Å². The molecule has 0 amide bonds. The number of unbranched alkanes of at least 4 members (excludes halogenated alkanes) is 22. The van der Waals surface area contributed by atoms with Crippen LogP contribution in [0.4, 0.5) is 0 Å². The molecule has 6 nitrogen and oxygen atoms in total. The SMILES string of the molecule is CC/C=C\C/C=C\C/C=C\C/C=C\C/C=C\CCCCCCCCCCCCCCCC(=O)OCC(COC(=O)CCCCCCC/C=C\CCCCCC)OC(=O)CC/C=C\C/C=C\C/C=C\C/C=C\CC. The van der Waals surface area contributed by atoms with Crippen LogP contribution in [-0.2, 0) is 28.6 Å². The maximum absolute atomic E-state index is 12.8. The Bertz CT molecular complexity index is 1540. The van der Waals surface area contributed by atoms with Crippen LogP contribution in [-0.4, -0.2) is 37.2 Å². The van der Waals surface area contributed by atoms with Gasteiger partial charge >= 0.3 is 17.9 Å². The van der Waals surface area contributed by atoms with Crippen LogP contribution in [0, 0.1) is 0 Å².